The molecule has 0 aliphatic carbocycles. The summed E-state index contributed by atoms with van der Waals surface area (Å²) in [6.07, 6.45) is 0.441. The lowest BCUT2D eigenvalue weighted by atomic mass is 10.0. The van der Waals surface area contributed by atoms with Crippen LogP contribution in [0.3, 0.4) is 0 Å². The Morgan fingerprint density at radius 2 is 2.00 bits per heavy atom. The van der Waals surface area contributed by atoms with E-state index in [1.165, 1.54) is 0 Å². The van der Waals surface area contributed by atoms with E-state index in [9.17, 15) is 5.11 Å². The number of likely N-dealkylation sites (tertiary alicyclic amines) is 1. The number of H-pyrrole nitrogens is 2. The van der Waals surface area contributed by atoms with Gasteiger partial charge in [-0.15, -0.1) is 0 Å². The SMILES string of the molecule is Cc1cc(C[C@@H]2CN(Cc3n[nH]nc3-c3ccccc3)C[C@H]2O)n[nH]1. The molecule has 3 heterocycles. The number of aromatic nitrogens is 5. The van der Waals surface area contributed by atoms with Crippen LogP contribution in [-0.2, 0) is 13.0 Å². The lowest BCUT2D eigenvalue weighted by Crippen LogP contribution is -2.22. The van der Waals surface area contributed by atoms with Crippen molar-refractivity contribution in [2.24, 2.45) is 5.92 Å². The minimum absolute atomic E-state index is 0.190. The molecule has 130 valence electrons. The van der Waals surface area contributed by atoms with Crippen LogP contribution in [0.2, 0.25) is 0 Å². The van der Waals surface area contributed by atoms with Gasteiger partial charge in [-0.3, -0.25) is 10.00 Å². The summed E-state index contributed by atoms with van der Waals surface area (Å²) in [5, 5.41) is 29.0. The Labute approximate surface area is 146 Å². The highest BCUT2D eigenvalue weighted by molar-refractivity contribution is 5.60. The van der Waals surface area contributed by atoms with Gasteiger partial charge >= 0.3 is 0 Å². The van der Waals surface area contributed by atoms with Crippen molar-refractivity contribution < 1.29 is 5.11 Å². The van der Waals surface area contributed by atoms with Crippen LogP contribution in [0.4, 0.5) is 0 Å². The zero-order chi connectivity index (χ0) is 17.2. The zero-order valence-electron chi connectivity index (χ0n) is 14.2. The number of nitrogens with zero attached hydrogens (tertiary/aromatic N) is 4. The predicted octanol–water partition coefficient (Wildman–Crippen LogP) is 1.54. The Balaban J connectivity index is 1.44. The predicted molar refractivity (Wildman–Crippen MR) is 93.6 cm³/mol. The molecule has 0 bridgehead atoms. The van der Waals surface area contributed by atoms with Crippen molar-refractivity contribution in [3.8, 4) is 11.3 Å². The fraction of sp³-hybridized carbons (Fsp3) is 0.389. The quantitative estimate of drug-likeness (QED) is 0.656. The lowest BCUT2D eigenvalue weighted by molar-refractivity contribution is 0.140. The molecule has 0 saturated carbocycles. The van der Waals surface area contributed by atoms with Gasteiger partial charge in [0.15, 0.2) is 0 Å². The van der Waals surface area contributed by atoms with Crippen LogP contribution < -0.4 is 0 Å². The molecule has 25 heavy (non-hydrogen) atoms. The fourth-order valence-corrected chi connectivity index (χ4v) is 3.52. The summed E-state index contributed by atoms with van der Waals surface area (Å²) >= 11 is 0. The molecule has 1 aliphatic rings. The first kappa shape index (κ1) is 16.0. The number of rotatable bonds is 5. The Bertz CT molecular complexity index is 827. The Kier molecular flexibility index (Phi) is 4.33. The van der Waals surface area contributed by atoms with Crippen molar-refractivity contribution in [3.63, 3.8) is 0 Å². The third-order valence-electron chi connectivity index (χ3n) is 4.75. The summed E-state index contributed by atoms with van der Waals surface area (Å²) < 4.78 is 0. The second-order valence-electron chi connectivity index (χ2n) is 6.75. The molecule has 3 N–H and O–H groups in total. The largest absolute Gasteiger partial charge is 0.391 e. The van der Waals surface area contributed by atoms with E-state index in [1.807, 2.05) is 43.3 Å². The Hall–Kier alpha value is -2.51. The third-order valence-corrected chi connectivity index (χ3v) is 4.75. The highest BCUT2D eigenvalue weighted by Gasteiger charge is 2.32. The van der Waals surface area contributed by atoms with E-state index >= 15 is 0 Å². The van der Waals surface area contributed by atoms with E-state index in [4.69, 9.17) is 0 Å². The number of hydrogen-bond donors (Lipinski definition) is 3. The summed E-state index contributed by atoms with van der Waals surface area (Å²) in [6.45, 7) is 4.14. The van der Waals surface area contributed by atoms with E-state index in [0.717, 1.165) is 41.3 Å². The van der Waals surface area contributed by atoms with Gasteiger partial charge in [-0.1, -0.05) is 30.3 Å². The van der Waals surface area contributed by atoms with Crippen LogP contribution in [-0.4, -0.2) is 54.8 Å². The topological polar surface area (TPSA) is 93.7 Å². The molecule has 0 unspecified atom stereocenters. The number of β-amino-alcohol motifs (C(OH)–C–C–N with tert-alkyl or cyclic N) is 1. The first-order chi connectivity index (χ1) is 12.2. The van der Waals surface area contributed by atoms with Gasteiger partial charge in [0.1, 0.15) is 11.4 Å². The highest BCUT2D eigenvalue weighted by Crippen LogP contribution is 2.25. The molecule has 0 spiro atoms. The zero-order valence-corrected chi connectivity index (χ0v) is 14.2. The Morgan fingerprint density at radius 3 is 2.76 bits per heavy atom. The lowest BCUT2D eigenvalue weighted by Gasteiger charge is -2.14. The van der Waals surface area contributed by atoms with Crippen LogP contribution >= 0.6 is 0 Å². The van der Waals surface area contributed by atoms with Crippen LogP contribution in [0.25, 0.3) is 11.3 Å². The Morgan fingerprint density at radius 1 is 1.16 bits per heavy atom. The molecule has 1 aromatic carbocycles. The monoisotopic (exact) mass is 338 g/mol. The van der Waals surface area contributed by atoms with Crippen molar-refractivity contribution in [1.29, 1.82) is 0 Å². The summed E-state index contributed by atoms with van der Waals surface area (Å²) in [5.41, 5.74) is 4.90. The third kappa shape index (κ3) is 3.47. The number of aliphatic hydroxyl groups is 1. The molecule has 1 saturated heterocycles. The van der Waals surface area contributed by atoms with Crippen molar-refractivity contribution in [2.45, 2.75) is 26.0 Å². The number of nitrogens with one attached hydrogen (secondary N) is 2. The maximum Gasteiger partial charge on any atom is 0.117 e. The van der Waals surface area contributed by atoms with Gasteiger partial charge in [-0.2, -0.15) is 20.5 Å². The first-order valence-corrected chi connectivity index (χ1v) is 8.55. The first-order valence-electron chi connectivity index (χ1n) is 8.55. The normalized spacial score (nSPS) is 21.0. The molecule has 2 atom stereocenters. The summed E-state index contributed by atoms with van der Waals surface area (Å²) in [5.74, 6) is 0.190. The van der Waals surface area contributed by atoms with Crippen molar-refractivity contribution in [1.82, 2.24) is 30.5 Å². The van der Waals surface area contributed by atoms with E-state index in [1.54, 1.807) is 0 Å². The fourth-order valence-electron chi connectivity index (χ4n) is 3.52. The maximum atomic E-state index is 10.4. The number of aliphatic hydroxyl groups excluding tert-OH is 1. The average Bonchev–Trinajstić information content (AvgIpc) is 3.31. The van der Waals surface area contributed by atoms with Crippen molar-refractivity contribution in [2.75, 3.05) is 13.1 Å². The molecular weight excluding hydrogens is 316 g/mol. The van der Waals surface area contributed by atoms with Gasteiger partial charge in [0.05, 0.1) is 11.8 Å². The standard InChI is InChI=1S/C18H22N6O/c1-12-7-15(20-19-12)8-14-9-24(11-17(14)25)10-16-18(22-23-21-16)13-5-3-2-4-6-13/h2-7,14,17,25H,8-11H2,1H3,(H,19,20)(H,21,22,23)/t14-,17-/m1/s1. The number of aromatic amines is 2. The second-order valence-corrected chi connectivity index (χ2v) is 6.75. The summed E-state index contributed by atoms with van der Waals surface area (Å²) in [7, 11) is 0. The van der Waals surface area contributed by atoms with Crippen LogP contribution in [0, 0.1) is 12.8 Å². The van der Waals surface area contributed by atoms with Gasteiger partial charge < -0.3 is 5.11 Å². The minimum Gasteiger partial charge on any atom is -0.391 e. The number of hydrogen-bond acceptors (Lipinski definition) is 5. The molecule has 7 heteroatoms. The molecule has 4 rings (SSSR count). The molecular formula is C18H22N6O. The highest BCUT2D eigenvalue weighted by atomic mass is 16.3. The molecule has 2 aromatic heterocycles. The van der Waals surface area contributed by atoms with Gasteiger partial charge in [0.25, 0.3) is 0 Å². The molecule has 0 radical (unpaired) electrons. The van der Waals surface area contributed by atoms with E-state index < -0.39 is 0 Å². The number of benzene rings is 1. The van der Waals surface area contributed by atoms with Crippen molar-refractivity contribution in [3.05, 3.63) is 53.5 Å². The molecule has 1 aliphatic heterocycles. The van der Waals surface area contributed by atoms with Gasteiger partial charge in [-0.25, -0.2) is 0 Å². The summed E-state index contributed by atoms with van der Waals surface area (Å²) in [4.78, 5) is 2.24. The van der Waals surface area contributed by atoms with Gasteiger partial charge in [-0.05, 0) is 19.4 Å². The van der Waals surface area contributed by atoms with Crippen LogP contribution in [0.5, 0.6) is 0 Å². The summed E-state index contributed by atoms with van der Waals surface area (Å²) in [6, 6.07) is 12.1. The second kappa shape index (κ2) is 6.78. The van der Waals surface area contributed by atoms with Crippen LogP contribution in [0.15, 0.2) is 36.4 Å². The van der Waals surface area contributed by atoms with E-state index in [2.05, 4.69) is 30.5 Å². The maximum absolute atomic E-state index is 10.4. The molecule has 7 nitrogen and oxygen atoms in total. The molecule has 0 amide bonds. The van der Waals surface area contributed by atoms with Crippen molar-refractivity contribution >= 4 is 0 Å². The van der Waals surface area contributed by atoms with Crippen LogP contribution in [0.1, 0.15) is 17.1 Å². The van der Waals surface area contributed by atoms with E-state index in [0.29, 0.717) is 13.1 Å². The minimum atomic E-state index is -0.343. The van der Waals surface area contributed by atoms with Gasteiger partial charge in [0, 0.05) is 36.8 Å². The molecule has 1 fully saturated rings. The average molecular weight is 338 g/mol. The smallest absolute Gasteiger partial charge is 0.117 e. The van der Waals surface area contributed by atoms with Gasteiger partial charge in [0.2, 0.25) is 0 Å². The van der Waals surface area contributed by atoms with E-state index in [-0.39, 0.29) is 12.0 Å². The molecule has 3 aromatic rings. The number of aryl methyl sites for hydroxylation is 1.